The molecule has 4 rings (SSSR count). The number of hydrogen-bond acceptors (Lipinski definition) is 7. The predicted octanol–water partition coefficient (Wildman–Crippen LogP) is 4.01. The van der Waals surface area contributed by atoms with Gasteiger partial charge in [-0.05, 0) is 58.0 Å². The van der Waals surface area contributed by atoms with Crippen molar-refractivity contribution in [2.45, 2.75) is 39.8 Å². The summed E-state index contributed by atoms with van der Waals surface area (Å²) in [6.07, 6.45) is 2.89. The van der Waals surface area contributed by atoms with Crippen LogP contribution in [0.25, 0.3) is 22.9 Å². The summed E-state index contributed by atoms with van der Waals surface area (Å²) in [5.74, 6) is -0.738. The number of alkyl carbamates (subject to hydrolysis) is 1. The largest absolute Gasteiger partial charge is 0.465 e. The number of carbonyl (C=O) groups excluding carboxylic acids is 3. The fourth-order valence-electron chi connectivity index (χ4n) is 4.19. The Bertz CT molecular complexity index is 1410. The van der Waals surface area contributed by atoms with Crippen LogP contribution in [0.5, 0.6) is 0 Å². The lowest BCUT2D eigenvalue weighted by atomic mass is 10.0. The summed E-state index contributed by atoms with van der Waals surface area (Å²) in [5, 5.41) is 9.95. The average Bonchev–Trinajstić information content (AvgIpc) is 3.57. The van der Waals surface area contributed by atoms with E-state index in [4.69, 9.17) is 14.2 Å². The van der Waals surface area contributed by atoms with Gasteiger partial charge in [-0.15, -0.1) is 0 Å². The maximum Gasteiger partial charge on any atom is 0.407 e. The maximum absolute atomic E-state index is 12.8. The van der Waals surface area contributed by atoms with Gasteiger partial charge in [0.1, 0.15) is 5.60 Å². The number of hydrogen-bond donors (Lipinski definition) is 3. The highest BCUT2D eigenvalue weighted by molar-refractivity contribution is 6.35. The summed E-state index contributed by atoms with van der Waals surface area (Å²) < 4.78 is 17.6. The molecular formula is C28H33N5O6. The zero-order valence-electron chi connectivity index (χ0n) is 22.7. The minimum absolute atomic E-state index is 0.257. The zero-order valence-corrected chi connectivity index (χ0v) is 22.7. The molecule has 3 N–H and O–H groups in total. The number of nitrogens with one attached hydrogen (secondary N) is 3. The second kappa shape index (κ2) is 11.6. The smallest absolute Gasteiger partial charge is 0.407 e. The standard InChI is InChI=1S/C28H33N5O6/c1-17-14-21(26(35)37-5)23(31-17)16-20-19-15-18(6-7-22(19)32-25(20)34)24-8-9-30-33(24)11-13-38-12-10-29-27(36)39-28(2,3)4/h6-9,14-16,31H,10-13H2,1-5H3,(H,29,36)(H,32,34)/b20-16-. The lowest BCUT2D eigenvalue weighted by Crippen LogP contribution is -2.34. The van der Waals surface area contributed by atoms with Crippen molar-refractivity contribution in [3.63, 3.8) is 0 Å². The van der Waals surface area contributed by atoms with Crippen LogP contribution in [-0.2, 0) is 25.5 Å². The molecule has 0 radical (unpaired) electrons. The van der Waals surface area contributed by atoms with Crippen LogP contribution < -0.4 is 10.6 Å². The monoisotopic (exact) mass is 535 g/mol. The molecule has 11 heteroatoms. The summed E-state index contributed by atoms with van der Waals surface area (Å²) in [6.45, 7) is 8.81. The molecule has 0 saturated heterocycles. The van der Waals surface area contributed by atoms with Crippen molar-refractivity contribution in [1.29, 1.82) is 0 Å². The highest BCUT2D eigenvalue weighted by Crippen LogP contribution is 2.36. The molecule has 206 valence electrons. The Morgan fingerprint density at radius 3 is 2.69 bits per heavy atom. The van der Waals surface area contributed by atoms with Crippen LogP contribution >= 0.6 is 0 Å². The second-order valence-corrected chi connectivity index (χ2v) is 10.0. The molecule has 1 aliphatic heterocycles. The van der Waals surface area contributed by atoms with E-state index in [1.54, 1.807) is 39.1 Å². The summed E-state index contributed by atoms with van der Waals surface area (Å²) in [7, 11) is 1.32. The fraction of sp³-hybridized carbons (Fsp3) is 0.357. The van der Waals surface area contributed by atoms with Crippen molar-refractivity contribution in [3.8, 4) is 11.3 Å². The van der Waals surface area contributed by atoms with Gasteiger partial charge in [0.2, 0.25) is 0 Å². The summed E-state index contributed by atoms with van der Waals surface area (Å²) >= 11 is 0. The van der Waals surface area contributed by atoms with Gasteiger partial charge < -0.3 is 29.8 Å². The molecule has 3 heterocycles. The third kappa shape index (κ3) is 6.74. The van der Waals surface area contributed by atoms with Crippen LogP contribution in [0.3, 0.4) is 0 Å². The van der Waals surface area contributed by atoms with Crippen molar-refractivity contribution in [2.75, 3.05) is 32.2 Å². The fourth-order valence-corrected chi connectivity index (χ4v) is 4.19. The number of benzene rings is 1. The number of aryl methyl sites for hydroxylation is 1. The number of aromatic nitrogens is 3. The molecule has 39 heavy (non-hydrogen) atoms. The third-order valence-electron chi connectivity index (χ3n) is 5.85. The molecule has 2 aromatic heterocycles. The van der Waals surface area contributed by atoms with E-state index >= 15 is 0 Å². The van der Waals surface area contributed by atoms with Crippen LogP contribution in [0.4, 0.5) is 10.5 Å². The van der Waals surface area contributed by atoms with Gasteiger partial charge in [0.15, 0.2) is 0 Å². The van der Waals surface area contributed by atoms with E-state index in [9.17, 15) is 14.4 Å². The van der Waals surface area contributed by atoms with Gasteiger partial charge in [0.25, 0.3) is 5.91 Å². The number of nitrogens with zero attached hydrogens (tertiary/aromatic N) is 2. The van der Waals surface area contributed by atoms with E-state index < -0.39 is 17.7 Å². The normalized spacial score (nSPS) is 13.8. The van der Waals surface area contributed by atoms with Crippen molar-refractivity contribution in [1.82, 2.24) is 20.1 Å². The first-order chi connectivity index (χ1) is 18.6. The molecule has 0 aliphatic carbocycles. The molecular weight excluding hydrogens is 502 g/mol. The quantitative estimate of drug-likeness (QED) is 0.214. The number of methoxy groups -OCH3 is 1. The Balaban J connectivity index is 1.44. The predicted molar refractivity (Wildman–Crippen MR) is 146 cm³/mol. The molecule has 0 unspecified atom stereocenters. The molecule has 0 saturated carbocycles. The molecule has 0 spiro atoms. The molecule has 11 nitrogen and oxygen atoms in total. The van der Waals surface area contributed by atoms with E-state index in [1.165, 1.54) is 7.11 Å². The Morgan fingerprint density at radius 1 is 1.15 bits per heavy atom. The second-order valence-electron chi connectivity index (χ2n) is 10.0. The van der Waals surface area contributed by atoms with Gasteiger partial charge in [-0.25, -0.2) is 9.59 Å². The van der Waals surface area contributed by atoms with Gasteiger partial charge in [-0.3, -0.25) is 9.48 Å². The van der Waals surface area contributed by atoms with Crippen LogP contribution in [-0.4, -0.2) is 65.2 Å². The summed E-state index contributed by atoms with van der Waals surface area (Å²) in [5.41, 5.74) is 4.67. The topological polar surface area (TPSA) is 137 Å². The maximum atomic E-state index is 12.8. The molecule has 1 aromatic carbocycles. The van der Waals surface area contributed by atoms with E-state index in [2.05, 4.69) is 20.7 Å². The first-order valence-corrected chi connectivity index (χ1v) is 12.6. The van der Waals surface area contributed by atoms with Crippen LogP contribution in [0, 0.1) is 6.92 Å². The molecule has 0 bridgehead atoms. The van der Waals surface area contributed by atoms with E-state index in [0.717, 1.165) is 22.5 Å². The van der Waals surface area contributed by atoms with E-state index in [0.29, 0.717) is 48.8 Å². The van der Waals surface area contributed by atoms with Crippen LogP contribution in [0.1, 0.15) is 48.1 Å². The van der Waals surface area contributed by atoms with E-state index in [1.807, 2.05) is 35.9 Å². The first-order valence-electron chi connectivity index (χ1n) is 12.6. The third-order valence-corrected chi connectivity index (χ3v) is 5.85. The number of fused-ring (bicyclic) bond motifs is 1. The zero-order chi connectivity index (χ0) is 28.2. The van der Waals surface area contributed by atoms with Crippen LogP contribution in [0.2, 0.25) is 0 Å². The van der Waals surface area contributed by atoms with Gasteiger partial charge in [0.05, 0.1) is 49.4 Å². The van der Waals surface area contributed by atoms with Crippen molar-refractivity contribution < 1.29 is 28.6 Å². The Hall–Kier alpha value is -4.38. The lowest BCUT2D eigenvalue weighted by molar-refractivity contribution is -0.110. The number of aromatic amines is 1. The molecule has 0 atom stereocenters. The number of anilines is 1. The minimum atomic E-state index is -0.550. The van der Waals surface area contributed by atoms with Gasteiger partial charge in [0, 0.05) is 35.2 Å². The number of carbonyl (C=O) groups is 3. The molecule has 1 aliphatic rings. The Morgan fingerprint density at radius 2 is 1.95 bits per heavy atom. The van der Waals surface area contributed by atoms with Gasteiger partial charge in [-0.2, -0.15) is 5.10 Å². The van der Waals surface area contributed by atoms with Crippen molar-refractivity contribution in [3.05, 3.63) is 59.0 Å². The van der Waals surface area contributed by atoms with E-state index in [-0.39, 0.29) is 5.91 Å². The molecule has 3 aromatic rings. The number of amides is 2. The minimum Gasteiger partial charge on any atom is -0.465 e. The summed E-state index contributed by atoms with van der Waals surface area (Å²) in [4.78, 5) is 39.9. The van der Waals surface area contributed by atoms with Crippen LogP contribution in [0.15, 0.2) is 36.5 Å². The number of rotatable bonds is 9. The Kier molecular flexibility index (Phi) is 8.20. The Labute approximate surface area is 226 Å². The highest BCUT2D eigenvalue weighted by atomic mass is 16.6. The molecule has 2 amide bonds. The molecule has 0 fully saturated rings. The lowest BCUT2D eigenvalue weighted by Gasteiger charge is -2.19. The average molecular weight is 536 g/mol. The first kappa shape index (κ1) is 27.6. The van der Waals surface area contributed by atoms with Crippen molar-refractivity contribution in [2.24, 2.45) is 0 Å². The summed E-state index contributed by atoms with van der Waals surface area (Å²) in [6, 6.07) is 9.27. The highest BCUT2D eigenvalue weighted by Gasteiger charge is 2.26. The number of H-pyrrole nitrogens is 1. The number of ether oxygens (including phenoxy) is 3. The SMILES string of the molecule is COC(=O)c1cc(C)[nH]c1/C=C1\C(=O)Nc2ccc(-c3ccnn3CCOCCNC(=O)OC(C)(C)C)cc21. The van der Waals surface area contributed by atoms with Crippen molar-refractivity contribution >= 4 is 35.3 Å². The number of esters is 1. The van der Waals surface area contributed by atoms with Gasteiger partial charge >= 0.3 is 12.1 Å². The van der Waals surface area contributed by atoms with Gasteiger partial charge in [-0.1, -0.05) is 6.07 Å².